The predicted molar refractivity (Wildman–Crippen MR) is 131 cm³/mol. The summed E-state index contributed by atoms with van der Waals surface area (Å²) in [7, 11) is 1.55. The zero-order chi connectivity index (χ0) is 25.6. The number of benzene rings is 1. The summed E-state index contributed by atoms with van der Waals surface area (Å²) >= 11 is 0. The van der Waals surface area contributed by atoms with Crippen LogP contribution >= 0.6 is 0 Å². The highest BCUT2D eigenvalue weighted by molar-refractivity contribution is 5.72. The Morgan fingerprint density at radius 3 is 2.31 bits per heavy atom. The van der Waals surface area contributed by atoms with Gasteiger partial charge >= 0.3 is 0 Å². The monoisotopic (exact) mass is 481 g/mol. The maximum absolute atomic E-state index is 10.6. The van der Waals surface area contributed by atoms with E-state index in [-0.39, 0.29) is 29.3 Å². The maximum Gasteiger partial charge on any atom is 0.290 e. The minimum absolute atomic E-state index is 0.0218. The van der Waals surface area contributed by atoms with Gasteiger partial charge in [0.1, 0.15) is 17.8 Å². The number of aromatic nitrogens is 5. The normalized spacial score (nSPS) is 16.5. The van der Waals surface area contributed by atoms with Crippen LogP contribution in [0.2, 0.25) is 0 Å². The largest absolute Gasteiger partial charge is 0.507 e. The highest BCUT2D eigenvalue weighted by atomic mass is 16.5. The first-order valence-corrected chi connectivity index (χ1v) is 11.1. The van der Waals surface area contributed by atoms with Gasteiger partial charge in [-0.2, -0.15) is 0 Å². The SMILES string of the molecule is COc1cc(-c2ccc(-c3cnc(NC4CC(C)(C)NC(C)(C)C4)nn3)c(O)c2)ncn1.O=CO. The fourth-order valence-electron chi connectivity index (χ4n) is 4.59. The molecule has 0 saturated carbocycles. The number of hydrogen-bond donors (Lipinski definition) is 4. The number of phenols is 1. The van der Waals surface area contributed by atoms with Gasteiger partial charge in [-0.15, -0.1) is 10.2 Å². The summed E-state index contributed by atoms with van der Waals surface area (Å²) < 4.78 is 5.14. The Bertz CT molecular complexity index is 1140. The molecule has 186 valence electrons. The first-order chi connectivity index (χ1) is 16.6. The average molecular weight is 482 g/mol. The molecule has 0 aliphatic carbocycles. The molecule has 2 aromatic heterocycles. The Labute approximate surface area is 204 Å². The van der Waals surface area contributed by atoms with Crippen LogP contribution in [0, 0.1) is 0 Å². The van der Waals surface area contributed by atoms with Gasteiger partial charge in [0, 0.05) is 34.3 Å². The quantitative estimate of drug-likeness (QED) is 0.397. The molecule has 1 saturated heterocycles. The zero-order valence-electron chi connectivity index (χ0n) is 20.5. The third-order valence-corrected chi connectivity index (χ3v) is 5.51. The van der Waals surface area contributed by atoms with E-state index in [4.69, 9.17) is 14.6 Å². The van der Waals surface area contributed by atoms with Crippen molar-refractivity contribution in [1.82, 2.24) is 30.5 Å². The Morgan fingerprint density at radius 2 is 1.74 bits per heavy atom. The first kappa shape index (κ1) is 25.8. The van der Waals surface area contributed by atoms with Gasteiger partial charge in [-0.05, 0) is 52.7 Å². The molecule has 0 amide bonds. The summed E-state index contributed by atoms with van der Waals surface area (Å²) in [4.78, 5) is 21.0. The summed E-state index contributed by atoms with van der Waals surface area (Å²) in [5.74, 6) is 1.01. The van der Waals surface area contributed by atoms with E-state index in [1.165, 1.54) is 6.33 Å². The van der Waals surface area contributed by atoms with Crippen LogP contribution in [0.15, 0.2) is 36.8 Å². The number of ether oxygens (including phenoxy) is 1. The van der Waals surface area contributed by atoms with Gasteiger partial charge in [0.05, 0.1) is 19.0 Å². The molecule has 0 unspecified atom stereocenters. The fourth-order valence-corrected chi connectivity index (χ4v) is 4.59. The minimum atomic E-state index is -0.250. The second kappa shape index (κ2) is 10.6. The molecule has 3 aromatic rings. The second-order valence-corrected chi connectivity index (χ2v) is 9.59. The number of methoxy groups -OCH3 is 1. The van der Waals surface area contributed by atoms with Crippen molar-refractivity contribution in [3.63, 3.8) is 0 Å². The van der Waals surface area contributed by atoms with Gasteiger partial charge in [0.25, 0.3) is 6.47 Å². The molecule has 0 spiro atoms. The van der Waals surface area contributed by atoms with Crippen molar-refractivity contribution in [3.8, 4) is 34.1 Å². The highest BCUT2D eigenvalue weighted by Crippen LogP contribution is 2.33. The smallest absolute Gasteiger partial charge is 0.290 e. The lowest BCUT2D eigenvalue weighted by atomic mass is 9.80. The minimum Gasteiger partial charge on any atom is -0.507 e. The molecule has 4 N–H and O–H groups in total. The van der Waals surface area contributed by atoms with E-state index in [1.54, 1.807) is 31.5 Å². The van der Waals surface area contributed by atoms with Gasteiger partial charge in [-0.1, -0.05) is 6.07 Å². The number of carbonyl (C=O) groups is 1. The van der Waals surface area contributed by atoms with E-state index in [0.717, 1.165) is 18.4 Å². The third-order valence-electron chi connectivity index (χ3n) is 5.51. The van der Waals surface area contributed by atoms with E-state index < -0.39 is 0 Å². The molecule has 35 heavy (non-hydrogen) atoms. The molecule has 3 heterocycles. The molecule has 0 atom stereocenters. The number of piperidine rings is 1. The molecular formula is C24H31N7O4. The molecule has 0 bridgehead atoms. The van der Waals surface area contributed by atoms with Crippen molar-refractivity contribution < 1.29 is 19.7 Å². The Balaban J connectivity index is 0.00000108. The van der Waals surface area contributed by atoms with E-state index >= 15 is 0 Å². The van der Waals surface area contributed by atoms with Crippen molar-refractivity contribution in [2.24, 2.45) is 0 Å². The number of phenolic OH excluding ortho intramolecular Hbond substituents is 1. The van der Waals surface area contributed by atoms with Crippen LogP contribution in [0.1, 0.15) is 40.5 Å². The molecular weight excluding hydrogens is 450 g/mol. The van der Waals surface area contributed by atoms with E-state index in [2.05, 4.69) is 63.5 Å². The van der Waals surface area contributed by atoms with Crippen LogP contribution in [0.4, 0.5) is 5.95 Å². The van der Waals surface area contributed by atoms with Crippen molar-refractivity contribution in [2.75, 3.05) is 12.4 Å². The van der Waals surface area contributed by atoms with Gasteiger partial charge in [-0.25, -0.2) is 15.0 Å². The molecule has 1 aromatic carbocycles. The van der Waals surface area contributed by atoms with E-state index in [0.29, 0.717) is 28.8 Å². The number of carboxylic acid groups (broad SMARTS) is 1. The van der Waals surface area contributed by atoms with Crippen LogP contribution in [0.25, 0.3) is 22.5 Å². The zero-order valence-corrected chi connectivity index (χ0v) is 20.5. The number of nitrogens with zero attached hydrogens (tertiary/aromatic N) is 5. The summed E-state index contributed by atoms with van der Waals surface area (Å²) in [5, 5.41) is 33.1. The predicted octanol–water partition coefficient (Wildman–Crippen LogP) is 3.13. The lowest BCUT2D eigenvalue weighted by Gasteiger charge is -2.46. The van der Waals surface area contributed by atoms with Crippen LogP contribution in [-0.4, -0.2) is 66.1 Å². The number of aromatic hydroxyl groups is 1. The topological polar surface area (TPSA) is 155 Å². The summed E-state index contributed by atoms with van der Waals surface area (Å²) in [6.07, 6.45) is 4.95. The molecule has 1 aliphatic rings. The van der Waals surface area contributed by atoms with Gasteiger partial charge in [0.2, 0.25) is 11.8 Å². The molecule has 4 rings (SSSR count). The third kappa shape index (κ3) is 6.82. The number of hydrogen-bond acceptors (Lipinski definition) is 10. The number of nitrogens with one attached hydrogen (secondary N) is 2. The van der Waals surface area contributed by atoms with Gasteiger partial charge < -0.3 is 25.6 Å². The van der Waals surface area contributed by atoms with Crippen molar-refractivity contribution in [2.45, 2.75) is 57.7 Å². The molecule has 11 nitrogen and oxygen atoms in total. The summed E-state index contributed by atoms with van der Waals surface area (Å²) in [6, 6.07) is 7.20. The maximum atomic E-state index is 10.6. The first-order valence-electron chi connectivity index (χ1n) is 11.1. The summed E-state index contributed by atoms with van der Waals surface area (Å²) in [5.41, 5.74) is 2.47. The average Bonchev–Trinajstić information content (AvgIpc) is 2.78. The van der Waals surface area contributed by atoms with E-state index in [1.807, 2.05) is 6.07 Å². The lowest BCUT2D eigenvalue weighted by molar-refractivity contribution is -0.122. The summed E-state index contributed by atoms with van der Waals surface area (Å²) in [6.45, 7) is 8.56. The van der Waals surface area contributed by atoms with Crippen molar-refractivity contribution >= 4 is 12.4 Å². The van der Waals surface area contributed by atoms with E-state index in [9.17, 15) is 5.11 Å². The Kier molecular flexibility index (Phi) is 7.80. The lowest BCUT2D eigenvalue weighted by Crippen LogP contribution is -2.60. The molecule has 1 aliphatic heterocycles. The van der Waals surface area contributed by atoms with Gasteiger partial charge in [0.15, 0.2) is 0 Å². The second-order valence-electron chi connectivity index (χ2n) is 9.59. The van der Waals surface area contributed by atoms with Crippen LogP contribution in [0.3, 0.4) is 0 Å². The van der Waals surface area contributed by atoms with Gasteiger partial charge in [-0.3, -0.25) is 4.79 Å². The van der Waals surface area contributed by atoms with Crippen molar-refractivity contribution in [3.05, 3.63) is 36.8 Å². The standard InChI is InChI=1S/C23H29N7O2.CH2O2/c1-22(2)10-15(11-23(3,4)30-22)27-21-24-12-18(28-29-21)16-7-6-14(8-19(16)31)17-9-20(32-5)26-13-25-17;2-1-3/h6-9,12-13,15,30-31H,10-11H2,1-5H3,(H,24,27,29);1H,(H,2,3). The number of anilines is 1. The highest BCUT2D eigenvalue weighted by Gasteiger charge is 2.37. The van der Waals surface area contributed by atoms with Crippen LogP contribution in [0.5, 0.6) is 11.6 Å². The molecule has 11 heteroatoms. The van der Waals surface area contributed by atoms with Crippen molar-refractivity contribution in [1.29, 1.82) is 0 Å². The Hall–Kier alpha value is -3.86. The van der Waals surface area contributed by atoms with Crippen LogP contribution < -0.4 is 15.4 Å². The number of rotatable bonds is 5. The molecule has 0 radical (unpaired) electrons. The fraction of sp³-hybridized carbons (Fsp3) is 0.417. The Morgan fingerprint density at radius 1 is 1.06 bits per heavy atom. The molecule has 1 fully saturated rings. The van der Waals surface area contributed by atoms with Crippen LogP contribution in [-0.2, 0) is 4.79 Å².